The minimum absolute atomic E-state index is 0.295. The van der Waals surface area contributed by atoms with Gasteiger partial charge in [0.05, 0.1) is 13.2 Å². The second kappa shape index (κ2) is 11.7. The fourth-order valence-electron chi connectivity index (χ4n) is 4.99. The lowest BCUT2D eigenvalue weighted by molar-refractivity contribution is 0.309. The van der Waals surface area contributed by atoms with Crippen molar-refractivity contribution >= 4 is 22.2 Å². The van der Waals surface area contributed by atoms with Crippen LogP contribution in [0.3, 0.4) is 0 Å². The number of benzene rings is 4. The lowest BCUT2D eigenvalue weighted by Crippen LogP contribution is -2.18. The van der Waals surface area contributed by atoms with E-state index in [2.05, 4.69) is 52.0 Å². The van der Waals surface area contributed by atoms with Crippen molar-refractivity contribution in [3.63, 3.8) is 0 Å². The van der Waals surface area contributed by atoms with Gasteiger partial charge in [0.2, 0.25) is 11.8 Å². The van der Waals surface area contributed by atoms with Crippen LogP contribution < -0.4 is 9.47 Å². The van der Waals surface area contributed by atoms with Crippen LogP contribution in [-0.2, 0) is 5.41 Å². The number of oxazole rings is 2. The zero-order chi connectivity index (χ0) is 29.1. The molecule has 0 aliphatic rings. The molecule has 2 heterocycles. The number of nitrogens with zero attached hydrogens (tertiary/aromatic N) is 2. The van der Waals surface area contributed by atoms with Crippen LogP contribution in [-0.4, -0.2) is 23.2 Å². The molecule has 0 radical (unpaired) electrons. The fourth-order valence-corrected chi connectivity index (χ4v) is 4.99. The minimum atomic E-state index is -0.295. The van der Waals surface area contributed by atoms with Gasteiger partial charge in [-0.2, -0.15) is 0 Å². The average molecular weight is 561 g/mol. The van der Waals surface area contributed by atoms with Crippen LogP contribution in [0.2, 0.25) is 0 Å². The van der Waals surface area contributed by atoms with Gasteiger partial charge in [-0.05, 0) is 96.8 Å². The van der Waals surface area contributed by atoms with Gasteiger partial charge in [0, 0.05) is 16.5 Å². The Morgan fingerprint density at radius 3 is 1.52 bits per heavy atom. The van der Waals surface area contributed by atoms with Crippen molar-refractivity contribution in [1.82, 2.24) is 9.97 Å². The van der Waals surface area contributed by atoms with E-state index < -0.39 is 0 Å². The van der Waals surface area contributed by atoms with E-state index in [0.717, 1.165) is 81.8 Å². The molecule has 0 fully saturated rings. The molecule has 0 amide bonds. The van der Waals surface area contributed by atoms with E-state index in [9.17, 15) is 0 Å². The maximum absolute atomic E-state index is 6.11. The summed E-state index contributed by atoms with van der Waals surface area (Å²) in [6.07, 6.45) is 3.13. The Morgan fingerprint density at radius 1 is 0.595 bits per heavy atom. The van der Waals surface area contributed by atoms with Crippen LogP contribution in [0.15, 0.2) is 93.8 Å². The molecule has 0 atom stereocenters. The second-order valence-electron chi connectivity index (χ2n) is 11.1. The maximum atomic E-state index is 6.11. The molecule has 42 heavy (non-hydrogen) atoms. The molecule has 0 bridgehead atoms. The SMILES string of the molecule is CCCCOc1ccc(-c2nc3cc(C(C)(C)c4ccc5oc(-c6ccc(OCCC)cc6)nc5c4)ccc3o2)cc1. The van der Waals surface area contributed by atoms with Crippen LogP contribution in [0.4, 0.5) is 0 Å². The van der Waals surface area contributed by atoms with Gasteiger partial charge >= 0.3 is 0 Å². The monoisotopic (exact) mass is 560 g/mol. The predicted octanol–water partition coefficient (Wildman–Crippen LogP) is 9.60. The van der Waals surface area contributed by atoms with Crippen LogP contribution in [0.25, 0.3) is 45.1 Å². The number of fused-ring (bicyclic) bond motifs is 2. The summed E-state index contributed by atoms with van der Waals surface area (Å²) < 4.78 is 23.7. The largest absolute Gasteiger partial charge is 0.494 e. The molecule has 6 aromatic rings. The lowest BCUT2D eigenvalue weighted by Gasteiger charge is -2.26. The van der Waals surface area contributed by atoms with Crippen molar-refractivity contribution in [2.24, 2.45) is 0 Å². The third-order valence-electron chi connectivity index (χ3n) is 7.66. The molecule has 6 nitrogen and oxygen atoms in total. The van der Waals surface area contributed by atoms with Gasteiger partial charge < -0.3 is 18.3 Å². The molecule has 6 rings (SSSR count). The highest BCUT2D eigenvalue weighted by molar-refractivity contribution is 5.79. The number of hydrogen-bond acceptors (Lipinski definition) is 6. The maximum Gasteiger partial charge on any atom is 0.227 e. The average Bonchev–Trinajstić information content (AvgIpc) is 3.64. The Morgan fingerprint density at radius 2 is 1.07 bits per heavy atom. The van der Waals surface area contributed by atoms with Crippen molar-refractivity contribution in [2.75, 3.05) is 13.2 Å². The van der Waals surface area contributed by atoms with E-state index in [1.165, 1.54) is 0 Å². The summed E-state index contributed by atoms with van der Waals surface area (Å²) >= 11 is 0. The summed E-state index contributed by atoms with van der Waals surface area (Å²) in [5.74, 6) is 2.90. The van der Waals surface area contributed by atoms with Crippen LogP contribution >= 0.6 is 0 Å². The zero-order valence-electron chi connectivity index (χ0n) is 24.6. The molecule has 0 N–H and O–H groups in total. The molecule has 0 aliphatic heterocycles. The van der Waals surface area contributed by atoms with Crippen LogP contribution in [0.5, 0.6) is 11.5 Å². The first kappa shape index (κ1) is 27.6. The third kappa shape index (κ3) is 5.62. The number of ether oxygens (including phenoxy) is 2. The third-order valence-corrected chi connectivity index (χ3v) is 7.66. The molecule has 0 spiro atoms. The minimum Gasteiger partial charge on any atom is -0.494 e. The Balaban J connectivity index is 1.23. The zero-order valence-corrected chi connectivity index (χ0v) is 24.6. The summed E-state index contributed by atoms with van der Waals surface area (Å²) in [4.78, 5) is 9.63. The van der Waals surface area contributed by atoms with E-state index in [1.54, 1.807) is 0 Å². The first-order chi connectivity index (χ1) is 20.4. The van der Waals surface area contributed by atoms with Crippen molar-refractivity contribution in [1.29, 1.82) is 0 Å². The number of aromatic nitrogens is 2. The van der Waals surface area contributed by atoms with Gasteiger partial charge in [0.1, 0.15) is 22.5 Å². The molecular formula is C36H36N2O4. The summed E-state index contributed by atoms with van der Waals surface area (Å²) in [6.45, 7) is 10.1. The standard InChI is InChI=1S/C36H36N2O4/c1-5-7-21-40-29-16-10-25(11-17-29)35-38-31-23-27(13-19-33(31)42-35)36(3,4)26-12-18-32-30(22-26)37-34(41-32)24-8-14-28(15-9-24)39-20-6-2/h8-19,22-23H,5-7,20-21H2,1-4H3. The van der Waals surface area contributed by atoms with Crippen molar-refractivity contribution in [2.45, 2.75) is 52.4 Å². The van der Waals surface area contributed by atoms with Gasteiger partial charge in [-0.15, -0.1) is 0 Å². The molecule has 0 unspecified atom stereocenters. The number of hydrogen-bond donors (Lipinski definition) is 0. The first-order valence-corrected chi connectivity index (χ1v) is 14.7. The topological polar surface area (TPSA) is 70.5 Å². The van der Waals surface area contributed by atoms with Crippen molar-refractivity contribution in [3.8, 4) is 34.4 Å². The summed E-state index contributed by atoms with van der Waals surface area (Å²) in [6, 6.07) is 28.3. The molecule has 0 aliphatic carbocycles. The Bertz CT molecular complexity index is 1800. The van der Waals surface area contributed by atoms with E-state index in [1.807, 2.05) is 60.7 Å². The molecule has 0 saturated heterocycles. The smallest absolute Gasteiger partial charge is 0.227 e. The van der Waals surface area contributed by atoms with E-state index in [0.29, 0.717) is 18.4 Å². The highest BCUT2D eigenvalue weighted by Gasteiger charge is 2.25. The lowest BCUT2D eigenvalue weighted by atomic mass is 9.78. The Hall–Kier alpha value is -4.58. The molecule has 4 aromatic carbocycles. The van der Waals surface area contributed by atoms with Crippen molar-refractivity contribution in [3.05, 3.63) is 96.1 Å². The fraction of sp³-hybridized carbons (Fsp3) is 0.278. The van der Waals surface area contributed by atoms with Gasteiger partial charge in [-0.25, -0.2) is 9.97 Å². The summed E-state index contributed by atoms with van der Waals surface area (Å²) in [5, 5.41) is 0. The highest BCUT2D eigenvalue weighted by Crippen LogP contribution is 2.36. The summed E-state index contributed by atoms with van der Waals surface area (Å²) in [7, 11) is 0. The Kier molecular flexibility index (Phi) is 7.70. The van der Waals surface area contributed by atoms with E-state index in [-0.39, 0.29) is 5.41 Å². The number of unbranched alkanes of at least 4 members (excludes halogenated alkanes) is 1. The predicted molar refractivity (Wildman–Crippen MR) is 167 cm³/mol. The highest BCUT2D eigenvalue weighted by atomic mass is 16.5. The van der Waals surface area contributed by atoms with Gasteiger partial charge in [-0.3, -0.25) is 0 Å². The normalized spacial score (nSPS) is 11.8. The molecule has 214 valence electrons. The summed E-state index contributed by atoms with van der Waals surface area (Å²) in [5.41, 5.74) is 7.00. The van der Waals surface area contributed by atoms with Crippen molar-refractivity contribution < 1.29 is 18.3 Å². The van der Waals surface area contributed by atoms with Gasteiger partial charge in [-0.1, -0.05) is 46.2 Å². The molecule has 2 aromatic heterocycles. The molecule has 0 saturated carbocycles. The van der Waals surface area contributed by atoms with Gasteiger partial charge in [0.15, 0.2) is 11.2 Å². The Labute approximate surface area is 246 Å². The van der Waals surface area contributed by atoms with E-state index in [4.69, 9.17) is 28.3 Å². The molecular weight excluding hydrogens is 524 g/mol. The second-order valence-corrected chi connectivity index (χ2v) is 11.1. The quantitative estimate of drug-likeness (QED) is 0.147. The van der Waals surface area contributed by atoms with Crippen LogP contribution in [0.1, 0.15) is 58.1 Å². The number of rotatable bonds is 11. The van der Waals surface area contributed by atoms with E-state index >= 15 is 0 Å². The van der Waals surface area contributed by atoms with Gasteiger partial charge in [0.25, 0.3) is 0 Å². The first-order valence-electron chi connectivity index (χ1n) is 14.7. The molecule has 6 heteroatoms. The van der Waals surface area contributed by atoms with Crippen LogP contribution in [0, 0.1) is 0 Å².